The van der Waals surface area contributed by atoms with Gasteiger partial charge in [0.2, 0.25) is 11.8 Å². The summed E-state index contributed by atoms with van der Waals surface area (Å²) >= 11 is 6.16. The summed E-state index contributed by atoms with van der Waals surface area (Å²) in [5.74, 6) is -0.370. The lowest BCUT2D eigenvalue weighted by Gasteiger charge is -2.26. The lowest BCUT2D eigenvalue weighted by molar-refractivity contribution is -0.126. The molecule has 142 valence electrons. The van der Waals surface area contributed by atoms with Gasteiger partial charge in [-0.05, 0) is 37.6 Å². The van der Waals surface area contributed by atoms with Gasteiger partial charge < -0.3 is 15.0 Å². The molecule has 0 radical (unpaired) electrons. The smallest absolute Gasteiger partial charge is 0.227 e. The average molecular weight is 380 g/mol. The van der Waals surface area contributed by atoms with E-state index in [1.54, 1.807) is 11.0 Å². The number of benzene rings is 1. The third-order valence-electron chi connectivity index (χ3n) is 5.02. The molecule has 0 aromatic heterocycles. The number of nitrogens with zero attached hydrogens (tertiary/aromatic N) is 2. The van der Waals surface area contributed by atoms with Crippen LogP contribution < -0.4 is 10.2 Å². The van der Waals surface area contributed by atoms with Gasteiger partial charge >= 0.3 is 0 Å². The Kier molecular flexibility index (Phi) is 6.51. The Morgan fingerprint density at radius 3 is 2.85 bits per heavy atom. The molecule has 1 aromatic rings. The monoisotopic (exact) mass is 379 g/mol. The van der Waals surface area contributed by atoms with E-state index in [-0.39, 0.29) is 24.2 Å². The van der Waals surface area contributed by atoms with Gasteiger partial charge in [-0.1, -0.05) is 17.7 Å². The zero-order valence-corrected chi connectivity index (χ0v) is 15.9. The molecule has 0 saturated carbocycles. The first-order valence-electron chi connectivity index (χ1n) is 9.19. The van der Waals surface area contributed by atoms with Crippen LogP contribution in [0.1, 0.15) is 18.4 Å². The van der Waals surface area contributed by atoms with E-state index in [1.807, 2.05) is 19.1 Å². The maximum Gasteiger partial charge on any atom is 0.227 e. The van der Waals surface area contributed by atoms with Gasteiger partial charge in [-0.25, -0.2) is 0 Å². The summed E-state index contributed by atoms with van der Waals surface area (Å²) in [5, 5.41) is 3.61. The zero-order valence-electron chi connectivity index (χ0n) is 15.2. The van der Waals surface area contributed by atoms with E-state index >= 15 is 0 Å². The van der Waals surface area contributed by atoms with Gasteiger partial charge in [0.25, 0.3) is 0 Å². The second kappa shape index (κ2) is 8.84. The lowest BCUT2D eigenvalue weighted by atomic mass is 10.1. The number of ether oxygens (including phenoxy) is 1. The number of carbonyl (C=O) groups is 2. The number of aryl methyl sites for hydroxylation is 1. The highest BCUT2D eigenvalue weighted by Gasteiger charge is 2.35. The van der Waals surface area contributed by atoms with E-state index in [9.17, 15) is 9.59 Å². The summed E-state index contributed by atoms with van der Waals surface area (Å²) < 4.78 is 5.33. The van der Waals surface area contributed by atoms with Crippen molar-refractivity contribution in [2.24, 2.45) is 5.92 Å². The van der Waals surface area contributed by atoms with Gasteiger partial charge in [0.15, 0.2) is 0 Å². The first kappa shape index (κ1) is 19.1. The summed E-state index contributed by atoms with van der Waals surface area (Å²) in [7, 11) is 0. The van der Waals surface area contributed by atoms with E-state index in [2.05, 4.69) is 10.2 Å². The number of morpholine rings is 1. The molecule has 0 spiro atoms. The minimum absolute atomic E-state index is 0.0293. The van der Waals surface area contributed by atoms with Crippen LogP contribution in [0.15, 0.2) is 18.2 Å². The number of halogens is 1. The van der Waals surface area contributed by atoms with Crippen LogP contribution in [0.4, 0.5) is 5.69 Å². The Labute approximate surface area is 159 Å². The molecule has 1 unspecified atom stereocenters. The molecule has 2 aliphatic rings. The molecular formula is C19H26ClN3O3. The highest BCUT2D eigenvalue weighted by molar-refractivity contribution is 6.31. The van der Waals surface area contributed by atoms with Crippen LogP contribution in [-0.2, 0) is 14.3 Å². The molecule has 1 atom stereocenters. The van der Waals surface area contributed by atoms with Crippen LogP contribution in [0, 0.1) is 12.8 Å². The van der Waals surface area contributed by atoms with E-state index in [0.29, 0.717) is 18.1 Å². The standard InChI is InChI=1S/C19H26ClN3O3/c1-14-3-4-16(12-17(14)20)23-13-15(11-18(23)24)19(25)21-5-2-6-22-7-9-26-10-8-22/h3-4,12,15H,2,5-11,13H2,1H3,(H,21,25). The van der Waals surface area contributed by atoms with E-state index in [1.165, 1.54) is 0 Å². The Morgan fingerprint density at radius 1 is 1.35 bits per heavy atom. The van der Waals surface area contributed by atoms with Crippen molar-refractivity contribution in [1.29, 1.82) is 0 Å². The fourth-order valence-electron chi connectivity index (χ4n) is 3.37. The molecule has 26 heavy (non-hydrogen) atoms. The van der Waals surface area contributed by atoms with Gasteiger partial charge in [-0.2, -0.15) is 0 Å². The predicted molar refractivity (Wildman–Crippen MR) is 102 cm³/mol. The number of carbonyl (C=O) groups excluding carboxylic acids is 2. The minimum Gasteiger partial charge on any atom is -0.379 e. The van der Waals surface area contributed by atoms with E-state index in [0.717, 1.165) is 50.5 Å². The van der Waals surface area contributed by atoms with Crippen molar-refractivity contribution in [3.8, 4) is 0 Å². The van der Waals surface area contributed by atoms with Gasteiger partial charge in [-0.3, -0.25) is 14.5 Å². The number of nitrogens with one attached hydrogen (secondary N) is 1. The van der Waals surface area contributed by atoms with Crippen LogP contribution >= 0.6 is 11.6 Å². The SMILES string of the molecule is Cc1ccc(N2CC(C(=O)NCCCN3CCOCC3)CC2=O)cc1Cl. The third kappa shape index (κ3) is 4.75. The third-order valence-corrected chi connectivity index (χ3v) is 5.42. The molecule has 7 heteroatoms. The quantitative estimate of drug-likeness (QED) is 0.766. The van der Waals surface area contributed by atoms with Gasteiger partial charge in [0.05, 0.1) is 19.1 Å². The predicted octanol–water partition coefficient (Wildman–Crippen LogP) is 1.84. The number of hydrogen-bond donors (Lipinski definition) is 1. The molecule has 2 saturated heterocycles. The van der Waals surface area contributed by atoms with Crippen LogP contribution in [0.2, 0.25) is 5.02 Å². The van der Waals surface area contributed by atoms with Crippen molar-refractivity contribution >= 4 is 29.1 Å². The normalized spacial score (nSPS) is 21.2. The molecule has 2 heterocycles. The summed E-state index contributed by atoms with van der Waals surface area (Å²) in [4.78, 5) is 28.7. The largest absolute Gasteiger partial charge is 0.379 e. The van der Waals surface area contributed by atoms with Gasteiger partial charge in [0, 0.05) is 43.3 Å². The van der Waals surface area contributed by atoms with Gasteiger partial charge in [-0.15, -0.1) is 0 Å². The summed E-state index contributed by atoms with van der Waals surface area (Å²) in [6.45, 7) is 7.42. The fourth-order valence-corrected chi connectivity index (χ4v) is 3.54. The molecule has 0 aliphatic carbocycles. The summed E-state index contributed by atoms with van der Waals surface area (Å²) in [6, 6.07) is 5.56. The van der Waals surface area contributed by atoms with Crippen molar-refractivity contribution < 1.29 is 14.3 Å². The first-order chi connectivity index (χ1) is 12.5. The van der Waals surface area contributed by atoms with Crippen LogP contribution in [0.25, 0.3) is 0 Å². The summed E-state index contributed by atoms with van der Waals surface area (Å²) in [5.41, 5.74) is 1.73. The van der Waals surface area contributed by atoms with Gasteiger partial charge in [0.1, 0.15) is 0 Å². The number of hydrogen-bond acceptors (Lipinski definition) is 4. The topological polar surface area (TPSA) is 61.9 Å². The first-order valence-corrected chi connectivity index (χ1v) is 9.56. The van der Waals surface area contributed by atoms with E-state index < -0.39 is 0 Å². The van der Waals surface area contributed by atoms with Crippen molar-refractivity contribution in [1.82, 2.24) is 10.2 Å². The van der Waals surface area contributed by atoms with Crippen LogP contribution in [-0.4, -0.2) is 62.7 Å². The van der Waals surface area contributed by atoms with Crippen LogP contribution in [0.3, 0.4) is 0 Å². The summed E-state index contributed by atoms with van der Waals surface area (Å²) in [6.07, 6.45) is 1.16. The zero-order chi connectivity index (χ0) is 18.5. The minimum atomic E-state index is -0.300. The molecule has 2 fully saturated rings. The van der Waals surface area contributed by atoms with Crippen molar-refractivity contribution in [2.45, 2.75) is 19.8 Å². The van der Waals surface area contributed by atoms with Crippen LogP contribution in [0.5, 0.6) is 0 Å². The maximum atomic E-state index is 12.4. The average Bonchev–Trinajstić information content (AvgIpc) is 3.04. The Morgan fingerprint density at radius 2 is 2.12 bits per heavy atom. The van der Waals surface area contributed by atoms with E-state index in [4.69, 9.17) is 16.3 Å². The second-order valence-electron chi connectivity index (χ2n) is 6.94. The van der Waals surface area contributed by atoms with Crippen molar-refractivity contribution in [2.75, 3.05) is 50.8 Å². The number of amides is 2. The fraction of sp³-hybridized carbons (Fsp3) is 0.579. The Hall–Kier alpha value is -1.63. The van der Waals surface area contributed by atoms with Crippen molar-refractivity contribution in [3.05, 3.63) is 28.8 Å². The molecular weight excluding hydrogens is 354 g/mol. The molecule has 6 nitrogen and oxygen atoms in total. The highest BCUT2D eigenvalue weighted by Crippen LogP contribution is 2.28. The highest BCUT2D eigenvalue weighted by atomic mass is 35.5. The Bertz CT molecular complexity index is 661. The molecule has 3 rings (SSSR count). The molecule has 0 bridgehead atoms. The molecule has 2 aliphatic heterocycles. The Balaban J connectivity index is 1.45. The lowest BCUT2D eigenvalue weighted by Crippen LogP contribution is -2.39. The number of rotatable bonds is 6. The molecule has 1 aromatic carbocycles. The maximum absolute atomic E-state index is 12.4. The molecule has 2 amide bonds. The van der Waals surface area contributed by atoms with Crippen molar-refractivity contribution in [3.63, 3.8) is 0 Å². The second-order valence-corrected chi connectivity index (χ2v) is 7.34. The molecule has 1 N–H and O–H groups in total. The number of anilines is 1.